The van der Waals surface area contributed by atoms with Gasteiger partial charge in [0.05, 0.1) is 11.7 Å². The second kappa shape index (κ2) is 8.46. The lowest BCUT2D eigenvalue weighted by atomic mass is 9.46. The molecule has 0 unspecified atom stereocenters. The van der Waals surface area contributed by atoms with Gasteiger partial charge in [0, 0.05) is 0 Å². The molecule has 0 spiro atoms. The van der Waals surface area contributed by atoms with Crippen LogP contribution in [-0.4, -0.2) is 21.9 Å². The number of allylic oxidation sites excluding steroid dienone is 1. The number of hydrogen-bond donors (Lipinski definition) is 2. The molecule has 4 rings (SSSR count). The number of fused-ring (bicyclic) bond motifs is 5. The van der Waals surface area contributed by atoms with Crippen LogP contribution in [0.5, 0.6) is 0 Å². The number of aliphatic hydroxyl groups is 2. The maximum atomic E-state index is 11.0. The van der Waals surface area contributed by atoms with Gasteiger partial charge in [-0.05, 0) is 117 Å². The largest absolute Gasteiger partial charge is 0.393 e. The lowest BCUT2D eigenvalue weighted by Crippen LogP contribution is -2.52. The Kier molecular flexibility index (Phi) is 6.50. The summed E-state index contributed by atoms with van der Waals surface area (Å²) >= 11 is 0. The summed E-state index contributed by atoms with van der Waals surface area (Å²) in [4.78, 5) is 0. The predicted molar refractivity (Wildman–Crippen MR) is 130 cm³/mol. The van der Waals surface area contributed by atoms with E-state index in [0.717, 1.165) is 49.9 Å². The van der Waals surface area contributed by atoms with Crippen molar-refractivity contribution in [2.45, 2.75) is 124 Å². The molecule has 4 aliphatic rings. The van der Waals surface area contributed by atoms with Crippen LogP contribution in [0.15, 0.2) is 11.6 Å². The van der Waals surface area contributed by atoms with E-state index in [1.165, 1.54) is 38.5 Å². The summed E-state index contributed by atoms with van der Waals surface area (Å²) in [5.74, 6) is 4.20. The van der Waals surface area contributed by atoms with Crippen LogP contribution in [0.1, 0.15) is 112 Å². The monoisotopic (exact) mass is 430 g/mol. The molecule has 2 N–H and O–H groups in total. The zero-order chi connectivity index (χ0) is 22.6. The maximum absolute atomic E-state index is 11.0. The summed E-state index contributed by atoms with van der Waals surface area (Å²) in [6.45, 7) is 14.2. The van der Waals surface area contributed by atoms with Crippen molar-refractivity contribution in [1.82, 2.24) is 0 Å². The van der Waals surface area contributed by atoms with Crippen molar-refractivity contribution in [2.24, 2.45) is 46.3 Å². The van der Waals surface area contributed by atoms with Gasteiger partial charge in [0.15, 0.2) is 0 Å². The van der Waals surface area contributed by atoms with Crippen molar-refractivity contribution >= 4 is 0 Å². The highest BCUT2D eigenvalue weighted by Gasteiger charge is 2.60. The maximum Gasteiger partial charge on any atom is 0.0682 e. The van der Waals surface area contributed by atoms with Crippen molar-refractivity contribution < 1.29 is 10.2 Å². The molecule has 0 bridgehead atoms. The summed E-state index contributed by atoms with van der Waals surface area (Å²) in [7, 11) is 0. The Bertz CT molecular complexity index is 682. The van der Waals surface area contributed by atoms with Crippen molar-refractivity contribution in [3.63, 3.8) is 0 Å². The van der Waals surface area contributed by atoms with Gasteiger partial charge in [0.25, 0.3) is 0 Å². The average Bonchev–Trinajstić information content (AvgIpc) is 3.09. The molecule has 9 atom stereocenters. The fraction of sp³-hybridized carbons (Fsp3) is 0.931. The summed E-state index contributed by atoms with van der Waals surface area (Å²) in [5, 5.41) is 22.0. The molecule has 0 aromatic rings. The van der Waals surface area contributed by atoms with Crippen LogP contribution in [0.4, 0.5) is 0 Å². The van der Waals surface area contributed by atoms with Gasteiger partial charge in [-0.1, -0.05) is 53.2 Å². The Hall–Kier alpha value is -0.340. The molecular formula is C29H50O2. The van der Waals surface area contributed by atoms with E-state index in [2.05, 4.69) is 47.6 Å². The molecule has 3 saturated carbocycles. The minimum Gasteiger partial charge on any atom is -0.393 e. The van der Waals surface area contributed by atoms with Gasteiger partial charge in [-0.25, -0.2) is 0 Å². The van der Waals surface area contributed by atoms with Gasteiger partial charge >= 0.3 is 0 Å². The number of hydrogen-bond acceptors (Lipinski definition) is 2. The van der Waals surface area contributed by atoms with E-state index in [9.17, 15) is 10.2 Å². The quantitative estimate of drug-likeness (QED) is 0.440. The van der Waals surface area contributed by atoms with Crippen molar-refractivity contribution in [3.05, 3.63) is 11.6 Å². The molecule has 0 aromatic carbocycles. The Morgan fingerprint density at radius 3 is 2.42 bits per heavy atom. The van der Waals surface area contributed by atoms with Crippen LogP contribution < -0.4 is 0 Å². The van der Waals surface area contributed by atoms with Crippen molar-refractivity contribution in [3.8, 4) is 0 Å². The van der Waals surface area contributed by atoms with E-state index in [4.69, 9.17) is 0 Å². The fourth-order valence-electron chi connectivity index (χ4n) is 8.95. The number of rotatable bonds is 6. The fourth-order valence-corrected chi connectivity index (χ4v) is 8.95. The highest BCUT2D eigenvalue weighted by atomic mass is 16.3. The molecule has 0 amide bonds. The molecule has 0 aromatic heterocycles. The van der Waals surface area contributed by atoms with Crippen molar-refractivity contribution in [2.75, 3.05) is 0 Å². The van der Waals surface area contributed by atoms with Gasteiger partial charge in [-0.3, -0.25) is 0 Å². The molecule has 0 saturated heterocycles. The predicted octanol–water partition coefficient (Wildman–Crippen LogP) is 7.14. The molecule has 0 aliphatic heterocycles. The molecule has 178 valence electrons. The van der Waals surface area contributed by atoms with Crippen LogP contribution in [0.3, 0.4) is 0 Å². The first-order valence-electron chi connectivity index (χ1n) is 13.6. The third kappa shape index (κ3) is 3.96. The molecule has 0 radical (unpaired) electrons. The second-order valence-electron chi connectivity index (χ2n) is 13.1. The number of aliphatic hydroxyl groups excluding tert-OH is 1. The van der Waals surface area contributed by atoms with E-state index in [0.29, 0.717) is 28.6 Å². The smallest absolute Gasteiger partial charge is 0.0682 e. The molecule has 2 heteroatoms. The summed E-state index contributed by atoms with van der Waals surface area (Å²) < 4.78 is 0. The van der Waals surface area contributed by atoms with Gasteiger partial charge in [0.1, 0.15) is 0 Å². The van der Waals surface area contributed by atoms with E-state index in [1.54, 1.807) is 5.57 Å². The highest BCUT2D eigenvalue weighted by molar-refractivity contribution is 5.27. The van der Waals surface area contributed by atoms with E-state index < -0.39 is 5.60 Å². The third-order valence-corrected chi connectivity index (χ3v) is 11.3. The normalized spacial score (nSPS) is 46.7. The third-order valence-electron chi connectivity index (χ3n) is 11.3. The molecule has 2 nitrogen and oxygen atoms in total. The van der Waals surface area contributed by atoms with Crippen LogP contribution in [0.2, 0.25) is 0 Å². The highest BCUT2D eigenvalue weighted by Crippen LogP contribution is 2.67. The summed E-state index contributed by atoms with van der Waals surface area (Å²) in [6, 6.07) is 0. The van der Waals surface area contributed by atoms with Gasteiger partial charge in [-0.2, -0.15) is 0 Å². The Labute approximate surface area is 192 Å². The molecule has 31 heavy (non-hydrogen) atoms. The Morgan fingerprint density at radius 1 is 1.00 bits per heavy atom. The zero-order valence-electron chi connectivity index (χ0n) is 21.3. The Morgan fingerprint density at radius 2 is 1.74 bits per heavy atom. The van der Waals surface area contributed by atoms with Crippen LogP contribution >= 0.6 is 0 Å². The molecule has 4 aliphatic carbocycles. The molecule has 3 fully saturated rings. The molecule has 0 heterocycles. The van der Waals surface area contributed by atoms with E-state index in [-0.39, 0.29) is 6.10 Å². The minimum atomic E-state index is -0.457. The minimum absolute atomic E-state index is 0.138. The lowest BCUT2D eigenvalue weighted by Gasteiger charge is -2.59. The first-order chi connectivity index (χ1) is 14.5. The van der Waals surface area contributed by atoms with Crippen molar-refractivity contribution in [1.29, 1.82) is 0 Å². The SMILES string of the molecule is CC[C@]1(O)CC[C@@]2(C)C(=CC[C@H]3[C@@H]4CC[C@H]([C@H](C)[C@H](O)CCC(C)C)[C@@]4(C)CC[C@@H]32)C1. The van der Waals surface area contributed by atoms with Gasteiger partial charge < -0.3 is 10.2 Å². The van der Waals surface area contributed by atoms with Gasteiger partial charge in [0.2, 0.25) is 0 Å². The van der Waals surface area contributed by atoms with Crippen LogP contribution in [0.25, 0.3) is 0 Å². The summed E-state index contributed by atoms with van der Waals surface area (Å²) in [5.41, 5.74) is 1.84. The van der Waals surface area contributed by atoms with Gasteiger partial charge in [-0.15, -0.1) is 0 Å². The summed E-state index contributed by atoms with van der Waals surface area (Å²) in [6.07, 6.45) is 15.1. The topological polar surface area (TPSA) is 40.5 Å². The Balaban J connectivity index is 1.52. The average molecular weight is 431 g/mol. The van der Waals surface area contributed by atoms with Crippen LogP contribution in [-0.2, 0) is 0 Å². The first-order valence-corrected chi connectivity index (χ1v) is 13.6. The molecular weight excluding hydrogens is 380 g/mol. The standard InChI is InChI=1S/C29H50O2/c1-7-29(31)17-16-27(5)21(18-29)9-10-22-24-12-11-23(28(24,6)15-14-25(22)27)20(4)26(30)13-8-19(2)3/h9,19-20,22-26,30-31H,7-8,10-18H2,1-6H3/t20-,22-,23+,24-,25-,26+,27-,28+,29-/m0/s1. The lowest BCUT2D eigenvalue weighted by molar-refractivity contribution is -0.0818. The van der Waals surface area contributed by atoms with E-state index >= 15 is 0 Å². The van der Waals surface area contributed by atoms with E-state index in [1.807, 2.05) is 0 Å². The van der Waals surface area contributed by atoms with Crippen LogP contribution in [0, 0.1) is 46.3 Å². The zero-order valence-corrected chi connectivity index (χ0v) is 21.3. The first kappa shape index (κ1) is 23.8. The second-order valence-corrected chi connectivity index (χ2v) is 13.1.